The maximum absolute atomic E-state index is 6.23. The molecule has 0 aliphatic heterocycles. The number of rotatable bonds is 3. The van der Waals surface area contributed by atoms with Crippen molar-refractivity contribution in [3.8, 4) is 11.4 Å². The van der Waals surface area contributed by atoms with Crippen LogP contribution in [-0.4, -0.2) is 16.1 Å². The Labute approximate surface area is 106 Å². The standard InChI is InChI=1S/C13H16ClN3/c1-9-4-3-5-10(8-9)13-16-11(6-7-15)12(14)17(13)2/h3-5,8H,6-7,15H2,1-2H3. The van der Waals surface area contributed by atoms with E-state index in [1.807, 2.05) is 23.7 Å². The molecule has 0 unspecified atom stereocenters. The molecule has 4 heteroatoms. The number of benzene rings is 1. The molecule has 3 nitrogen and oxygen atoms in total. The fourth-order valence-electron chi connectivity index (χ4n) is 1.87. The highest BCUT2D eigenvalue weighted by Gasteiger charge is 2.13. The molecule has 2 N–H and O–H groups in total. The first-order valence-electron chi connectivity index (χ1n) is 5.61. The van der Waals surface area contributed by atoms with Gasteiger partial charge in [0.25, 0.3) is 0 Å². The van der Waals surface area contributed by atoms with Crippen molar-refractivity contribution >= 4 is 11.6 Å². The van der Waals surface area contributed by atoms with Crippen LogP contribution in [0, 0.1) is 6.92 Å². The zero-order chi connectivity index (χ0) is 12.4. The summed E-state index contributed by atoms with van der Waals surface area (Å²) < 4.78 is 1.90. The average Bonchev–Trinajstić information content (AvgIpc) is 2.58. The molecule has 1 heterocycles. The lowest BCUT2D eigenvalue weighted by atomic mass is 10.1. The molecule has 17 heavy (non-hydrogen) atoms. The second-order valence-electron chi connectivity index (χ2n) is 4.14. The van der Waals surface area contributed by atoms with Crippen LogP contribution in [0.2, 0.25) is 5.15 Å². The van der Waals surface area contributed by atoms with Crippen LogP contribution in [0.25, 0.3) is 11.4 Å². The minimum atomic E-state index is 0.560. The van der Waals surface area contributed by atoms with E-state index in [1.165, 1.54) is 5.56 Å². The van der Waals surface area contributed by atoms with E-state index in [9.17, 15) is 0 Å². The van der Waals surface area contributed by atoms with E-state index in [4.69, 9.17) is 17.3 Å². The summed E-state index contributed by atoms with van der Waals surface area (Å²) in [5.41, 5.74) is 8.70. The number of hydrogen-bond donors (Lipinski definition) is 1. The second kappa shape index (κ2) is 4.90. The van der Waals surface area contributed by atoms with E-state index in [1.54, 1.807) is 0 Å². The van der Waals surface area contributed by atoms with Gasteiger partial charge in [0.15, 0.2) is 0 Å². The van der Waals surface area contributed by atoms with E-state index in [2.05, 4.69) is 24.0 Å². The Hall–Kier alpha value is -1.32. The maximum atomic E-state index is 6.23. The molecule has 1 aromatic carbocycles. The predicted molar refractivity (Wildman–Crippen MR) is 71.1 cm³/mol. The van der Waals surface area contributed by atoms with Gasteiger partial charge in [0, 0.05) is 19.0 Å². The van der Waals surface area contributed by atoms with Gasteiger partial charge in [-0.25, -0.2) is 4.98 Å². The van der Waals surface area contributed by atoms with E-state index in [-0.39, 0.29) is 0 Å². The number of aryl methyl sites for hydroxylation is 1. The Kier molecular flexibility index (Phi) is 3.50. The molecule has 0 aliphatic carbocycles. The van der Waals surface area contributed by atoms with Gasteiger partial charge in [-0.15, -0.1) is 0 Å². The molecule has 0 fully saturated rings. The van der Waals surface area contributed by atoms with Crippen molar-refractivity contribution in [1.82, 2.24) is 9.55 Å². The molecule has 90 valence electrons. The molecule has 0 aliphatic rings. The quantitative estimate of drug-likeness (QED) is 0.909. The van der Waals surface area contributed by atoms with Gasteiger partial charge in [-0.05, 0) is 19.5 Å². The summed E-state index contributed by atoms with van der Waals surface area (Å²) in [6.45, 7) is 2.62. The third-order valence-electron chi connectivity index (χ3n) is 2.75. The van der Waals surface area contributed by atoms with Crippen LogP contribution in [-0.2, 0) is 13.5 Å². The van der Waals surface area contributed by atoms with Crippen LogP contribution < -0.4 is 5.73 Å². The Morgan fingerprint density at radius 2 is 2.18 bits per heavy atom. The van der Waals surface area contributed by atoms with Gasteiger partial charge in [-0.3, -0.25) is 0 Å². The maximum Gasteiger partial charge on any atom is 0.141 e. The van der Waals surface area contributed by atoms with E-state index >= 15 is 0 Å². The third-order valence-corrected chi connectivity index (χ3v) is 3.22. The molecule has 1 aromatic heterocycles. The minimum absolute atomic E-state index is 0.560. The highest BCUT2D eigenvalue weighted by Crippen LogP contribution is 2.25. The summed E-state index contributed by atoms with van der Waals surface area (Å²) in [7, 11) is 1.92. The predicted octanol–water partition coefficient (Wildman–Crippen LogP) is 2.55. The van der Waals surface area contributed by atoms with Gasteiger partial charge >= 0.3 is 0 Å². The Balaban J connectivity index is 2.49. The molecule has 0 spiro atoms. The number of nitrogens with zero attached hydrogens (tertiary/aromatic N) is 2. The molecule has 0 saturated heterocycles. The van der Waals surface area contributed by atoms with Crippen LogP contribution in [0.15, 0.2) is 24.3 Å². The molecule has 0 bridgehead atoms. The van der Waals surface area contributed by atoms with Crippen molar-refractivity contribution in [2.24, 2.45) is 12.8 Å². The third kappa shape index (κ3) is 2.35. The van der Waals surface area contributed by atoms with Gasteiger partial charge in [0.2, 0.25) is 0 Å². The lowest BCUT2D eigenvalue weighted by Gasteiger charge is -2.03. The molecule has 0 amide bonds. The number of halogens is 1. The molecule has 0 radical (unpaired) electrons. The monoisotopic (exact) mass is 249 g/mol. The van der Waals surface area contributed by atoms with Crippen LogP contribution in [0.4, 0.5) is 0 Å². The minimum Gasteiger partial charge on any atom is -0.330 e. The topological polar surface area (TPSA) is 43.8 Å². The molecule has 2 aromatic rings. The smallest absolute Gasteiger partial charge is 0.141 e. The highest BCUT2D eigenvalue weighted by atomic mass is 35.5. The highest BCUT2D eigenvalue weighted by molar-refractivity contribution is 6.30. The summed E-state index contributed by atoms with van der Waals surface area (Å²) in [5.74, 6) is 0.891. The zero-order valence-corrected chi connectivity index (χ0v) is 10.8. The van der Waals surface area contributed by atoms with Crippen molar-refractivity contribution in [2.45, 2.75) is 13.3 Å². The van der Waals surface area contributed by atoms with Crippen LogP contribution >= 0.6 is 11.6 Å². The summed E-state index contributed by atoms with van der Waals surface area (Å²) in [6.07, 6.45) is 0.707. The van der Waals surface area contributed by atoms with Gasteiger partial charge in [-0.1, -0.05) is 35.4 Å². The summed E-state index contributed by atoms with van der Waals surface area (Å²) in [5, 5.41) is 0.673. The Bertz CT molecular complexity index is 531. The number of nitrogens with two attached hydrogens (primary N) is 1. The SMILES string of the molecule is Cc1cccc(-c2nc(CCN)c(Cl)n2C)c1. The first-order valence-corrected chi connectivity index (χ1v) is 5.99. The molecular weight excluding hydrogens is 234 g/mol. The van der Waals surface area contributed by atoms with Gasteiger partial charge < -0.3 is 10.3 Å². The summed E-state index contributed by atoms with van der Waals surface area (Å²) in [4.78, 5) is 4.56. The Morgan fingerprint density at radius 3 is 2.82 bits per heavy atom. The normalized spacial score (nSPS) is 10.8. The molecule has 0 atom stereocenters. The van der Waals surface area contributed by atoms with Gasteiger partial charge in [0.05, 0.1) is 5.69 Å². The zero-order valence-electron chi connectivity index (χ0n) is 10.1. The second-order valence-corrected chi connectivity index (χ2v) is 4.50. The number of hydrogen-bond acceptors (Lipinski definition) is 2. The summed E-state index contributed by atoms with van der Waals surface area (Å²) >= 11 is 6.23. The first kappa shape index (κ1) is 12.1. The molecular formula is C13H16ClN3. The summed E-state index contributed by atoms with van der Waals surface area (Å²) in [6, 6.07) is 8.23. The first-order chi connectivity index (χ1) is 8.13. The lowest BCUT2D eigenvalue weighted by molar-refractivity contribution is 0.913. The fraction of sp³-hybridized carbons (Fsp3) is 0.308. The Morgan fingerprint density at radius 1 is 1.41 bits per heavy atom. The van der Waals surface area contributed by atoms with E-state index in [0.717, 1.165) is 17.1 Å². The number of aromatic nitrogens is 2. The van der Waals surface area contributed by atoms with Crippen molar-refractivity contribution in [1.29, 1.82) is 0 Å². The van der Waals surface area contributed by atoms with Crippen molar-refractivity contribution in [3.63, 3.8) is 0 Å². The van der Waals surface area contributed by atoms with Gasteiger partial charge in [-0.2, -0.15) is 0 Å². The fourth-order valence-corrected chi connectivity index (χ4v) is 2.09. The number of imidazole rings is 1. The van der Waals surface area contributed by atoms with Crippen LogP contribution in [0.1, 0.15) is 11.3 Å². The van der Waals surface area contributed by atoms with Crippen LogP contribution in [0.5, 0.6) is 0 Å². The van der Waals surface area contributed by atoms with E-state index in [0.29, 0.717) is 18.1 Å². The molecule has 0 saturated carbocycles. The van der Waals surface area contributed by atoms with Crippen molar-refractivity contribution in [2.75, 3.05) is 6.54 Å². The van der Waals surface area contributed by atoms with Gasteiger partial charge in [0.1, 0.15) is 11.0 Å². The molecule has 2 rings (SSSR count). The largest absolute Gasteiger partial charge is 0.330 e. The van der Waals surface area contributed by atoms with Crippen molar-refractivity contribution < 1.29 is 0 Å². The van der Waals surface area contributed by atoms with E-state index < -0.39 is 0 Å². The average molecular weight is 250 g/mol. The lowest BCUT2D eigenvalue weighted by Crippen LogP contribution is -2.03. The van der Waals surface area contributed by atoms with Crippen LogP contribution in [0.3, 0.4) is 0 Å². The van der Waals surface area contributed by atoms with Crippen molar-refractivity contribution in [3.05, 3.63) is 40.7 Å².